The molecule has 26 heavy (non-hydrogen) atoms. The Balaban J connectivity index is 1.88. The van der Waals surface area contributed by atoms with Crippen LogP contribution in [0.15, 0.2) is 41.5 Å². The summed E-state index contributed by atoms with van der Waals surface area (Å²) in [6.45, 7) is 0. The summed E-state index contributed by atoms with van der Waals surface area (Å²) in [6, 6.07) is 8.39. The molecule has 0 aliphatic heterocycles. The van der Waals surface area contributed by atoms with E-state index in [9.17, 15) is 19.1 Å². The Morgan fingerprint density at radius 1 is 1.27 bits per heavy atom. The number of halogens is 2. The molecule has 0 aromatic heterocycles. The van der Waals surface area contributed by atoms with Crippen molar-refractivity contribution in [2.45, 2.75) is 6.42 Å². The number of anilines is 1. The first-order valence-corrected chi connectivity index (χ1v) is 8.40. The fraction of sp³-hybridized carbons (Fsp3) is 0.118. The van der Waals surface area contributed by atoms with Gasteiger partial charge in [-0.15, -0.1) is 0 Å². The van der Waals surface area contributed by atoms with Gasteiger partial charge in [0.15, 0.2) is 11.5 Å². The Morgan fingerprint density at radius 2 is 1.96 bits per heavy atom. The summed E-state index contributed by atoms with van der Waals surface area (Å²) in [5.41, 5.74) is 3.22. The SMILES string of the molecule is COc1cc(C=NNC(=O)CC(=O)Nc2ccc(F)cc2)cc(I)c1O. The molecule has 0 aliphatic carbocycles. The summed E-state index contributed by atoms with van der Waals surface area (Å²) in [4.78, 5) is 23.5. The van der Waals surface area contributed by atoms with Crippen molar-refractivity contribution >= 4 is 46.3 Å². The van der Waals surface area contributed by atoms with Crippen molar-refractivity contribution < 1.29 is 23.8 Å². The van der Waals surface area contributed by atoms with Crippen molar-refractivity contribution in [2.24, 2.45) is 5.10 Å². The van der Waals surface area contributed by atoms with Crippen LogP contribution in [0.3, 0.4) is 0 Å². The zero-order valence-corrected chi connectivity index (χ0v) is 15.8. The number of nitrogens with zero attached hydrogens (tertiary/aromatic N) is 1. The number of hydrazone groups is 1. The molecule has 0 heterocycles. The smallest absolute Gasteiger partial charge is 0.249 e. The molecule has 0 saturated heterocycles. The van der Waals surface area contributed by atoms with E-state index < -0.39 is 24.1 Å². The van der Waals surface area contributed by atoms with Gasteiger partial charge >= 0.3 is 0 Å². The molecule has 0 fully saturated rings. The number of phenolic OH excluding ortho intramolecular Hbond substituents is 1. The summed E-state index contributed by atoms with van der Waals surface area (Å²) in [6.07, 6.45) is 0.922. The van der Waals surface area contributed by atoms with Gasteiger partial charge in [0.1, 0.15) is 12.2 Å². The highest BCUT2D eigenvalue weighted by atomic mass is 127. The summed E-state index contributed by atoms with van der Waals surface area (Å²) in [5.74, 6) is -1.28. The van der Waals surface area contributed by atoms with Crippen molar-refractivity contribution in [3.05, 3.63) is 51.3 Å². The molecule has 2 rings (SSSR count). The fourth-order valence-corrected chi connectivity index (χ4v) is 2.55. The van der Waals surface area contributed by atoms with Crippen LogP contribution in [0.2, 0.25) is 0 Å². The molecule has 0 aliphatic rings. The highest BCUT2D eigenvalue weighted by molar-refractivity contribution is 14.1. The Morgan fingerprint density at radius 3 is 2.62 bits per heavy atom. The van der Waals surface area contributed by atoms with Crippen LogP contribution in [0.25, 0.3) is 0 Å². The highest BCUT2D eigenvalue weighted by Crippen LogP contribution is 2.31. The average molecular weight is 471 g/mol. The van der Waals surface area contributed by atoms with Crippen LogP contribution >= 0.6 is 22.6 Å². The zero-order valence-electron chi connectivity index (χ0n) is 13.6. The monoisotopic (exact) mass is 471 g/mol. The van der Waals surface area contributed by atoms with E-state index in [4.69, 9.17) is 4.74 Å². The fourth-order valence-electron chi connectivity index (χ4n) is 1.93. The van der Waals surface area contributed by atoms with Crippen LogP contribution in [0.4, 0.5) is 10.1 Å². The lowest BCUT2D eigenvalue weighted by molar-refractivity contribution is -0.126. The maximum Gasteiger partial charge on any atom is 0.249 e. The Hall–Kier alpha value is -2.69. The number of aromatic hydroxyl groups is 1. The summed E-state index contributed by atoms with van der Waals surface area (Å²) < 4.78 is 18.4. The van der Waals surface area contributed by atoms with Gasteiger partial charge in [-0.1, -0.05) is 0 Å². The van der Waals surface area contributed by atoms with Gasteiger partial charge in [0, 0.05) is 5.69 Å². The number of methoxy groups -OCH3 is 1. The number of amides is 2. The molecular weight excluding hydrogens is 456 g/mol. The lowest BCUT2D eigenvalue weighted by atomic mass is 10.2. The predicted octanol–water partition coefficient (Wildman–Crippen LogP) is 2.62. The van der Waals surface area contributed by atoms with Crippen LogP contribution in [0.5, 0.6) is 11.5 Å². The number of hydrogen-bond acceptors (Lipinski definition) is 5. The third-order valence-electron chi connectivity index (χ3n) is 3.12. The molecule has 0 radical (unpaired) electrons. The number of carbonyl (C=O) groups is 2. The lowest BCUT2D eigenvalue weighted by Crippen LogP contribution is -2.24. The predicted molar refractivity (Wildman–Crippen MR) is 103 cm³/mol. The summed E-state index contributed by atoms with van der Waals surface area (Å²) >= 11 is 1.94. The van der Waals surface area contributed by atoms with Gasteiger partial charge in [-0.2, -0.15) is 5.10 Å². The Kier molecular flexibility index (Phi) is 6.89. The van der Waals surface area contributed by atoms with E-state index in [0.29, 0.717) is 14.8 Å². The molecular formula is C17H15FIN3O4. The topological polar surface area (TPSA) is 100 Å². The van der Waals surface area contributed by atoms with E-state index >= 15 is 0 Å². The van der Waals surface area contributed by atoms with Crippen molar-refractivity contribution in [1.82, 2.24) is 5.43 Å². The van der Waals surface area contributed by atoms with Crippen molar-refractivity contribution in [1.29, 1.82) is 0 Å². The van der Waals surface area contributed by atoms with Crippen LogP contribution in [0, 0.1) is 9.39 Å². The highest BCUT2D eigenvalue weighted by Gasteiger charge is 2.10. The molecule has 136 valence electrons. The van der Waals surface area contributed by atoms with Crippen LogP contribution < -0.4 is 15.5 Å². The van der Waals surface area contributed by atoms with Crippen LogP contribution in [-0.2, 0) is 9.59 Å². The minimum Gasteiger partial charge on any atom is -0.504 e. The first-order chi connectivity index (χ1) is 12.4. The minimum absolute atomic E-state index is 0.0201. The van der Waals surface area contributed by atoms with Gasteiger partial charge < -0.3 is 15.2 Å². The average Bonchev–Trinajstić information content (AvgIpc) is 2.59. The molecule has 3 N–H and O–H groups in total. The number of rotatable bonds is 6. The van der Waals surface area contributed by atoms with Gasteiger partial charge in [0.2, 0.25) is 11.8 Å². The van der Waals surface area contributed by atoms with E-state index in [1.54, 1.807) is 12.1 Å². The normalized spacial score (nSPS) is 10.6. The largest absolute Gasteiger partial charge is 0.504 e. The second kappa shape index (κ2) is 9.13. The molecule has 9 heteroatoms. The maximum atomic E-state index is 12.8. The van der Waals surface area contributed by atoms with E-state index in [0.717, 1.165) is 0 Å². The molecule has 0 saturated carbocycles. The van der Waals surface area contributed by atoms with Gasteiger partial charge in [-0.05, 0) is 64.6 Å². The number of ether oxygens (including phenoxy) is 1. The van der Waals surface area contributed by atoms with Gasteiger partial charge in [0.25, 0.3) is 0 Å². The van der Waals surface area contributed by atoms with E-state index in [1.165, 1.54) is 37.6 Å². The lowest BCUT2D eigenvalue weighted by Gasteiger charge is -2.06. The minimum atomic E-state index is -0.610. The molecule has 0 bridgehead atoms. The molecule has 2 aromatic carbocycles. The third-order valence-corrected chi connectivity index (χ3v) is 3.94. The molecule has 0 unspecified atom stereocenters. The van der Waals surface area contributed by atoms with E-state index in [-0.39, 0.29) is 11.5 Å². The second-order valence-electron chi connectivity index (χ2n) is 5.08. The number of carbonyl (C=O) groups excluding carboxylic acids is 2. The standard InChI is InChI=1S/C17H15FIN3O4/c1-26-14-7-10(6-13(19)17(14)25)9-20-22-16(24)8-15(23)21-12-4-2-11(18)3-5-12/h2-7,9,25H,8H2,1H3,(H,21,23)(H,22,24). The second-order valence-corrected chi connectivity index (χ2v) is 6.24. The third kappa shape index (κ3) is 5.69. The van der Waals surface area contributed by atoms with Gasteiger partial charge in [0.05, 0.1) is 16.9 Å². The number of nitrogens with one attached hydrogen (secondary N) is 2. The van der Waals surface area contributed by atoms with Crippen molar-refractivity contribution in [3.8, 4) is 11.5 Å². The quantitative estimate of drug-likeness (QED) is 0.261. The molecule has 0 spiro atoms. The Labute approximate surface area is 162 Å². The number of hydrogen-bond donors (Lipinski definition) is 3. The Bertz CT molecular complexity index is 841. The van der Waals surface area contributed by atoms with E-state index in [2.05, 4.69) is 15.8 Å². The van der Waals surface area contributed by atoms with Gasteiger partial charge in [-0.3, -0.25) is 9.59 Å². The molecule has 0 atom stereocenters. The van der Waals surface area contributed by atoms with Crippen molar-refractivity contribution in [2.75, 3.05) is 12.4 Å². The summed E-state index contributed by atoms with van der Waals surface area (Å²) in [5, 5.41) is 16.0. The molecule has 2 aromatic rings. The van der Waals surface area contributed by atoms with Gasteiger partial charge in [-0.25, -0.2) is 9.82 Å². The van der Waals surface area contributed by atoms with E-state index in [1.807, 2.05) is 22.6 Å². The van der Waals surface area contributed by atoms with Crippen LogP contribution in [-0.4, -0.2) is 30.2 Å². The first kappa shape index (κ1) is 19.6. The van der Waals surface area contributed by atoms with Crippen molar-refractivity contribution in [3.63, 3.8) is 0 Å². The maximum absolute atomic E-state index is 12.8. The van der Waals surface area contributed by atoms with Crippen LogP contribution in [0.1, 0.15) is 12.0 Å². The first-order valence-electron chi connectivity index (χ1n) is 7.33. The summed E-state index contributed by atoms with van der Waals surface area (Å²) in [7, 11) is 1.42. The number of phenols is 1. The molecule has 7 nitrogen and oxygen atoms in total. The number of benzene rings is 2. The zero-order chi connectivity index (χ0) is 19.1. The molecule has 2 amide bonds.